The number of hydrogen-bond acceptors (Lipinski definition) is 5. The molecule has 0 aliphatic carbocycles. The number of likely N-dealkylation sites (N-methyl/N-ethyl adjacent to an activating group) is 1. The van der Waals surface area contributed by atoms with E-state index in [2.05, 4.69) is 75.0 Å². The van der Waals surface area contributed by atoms with Crippen molar-refractivity contribution in [3.63, 3.8) is 0 Å². The van der Waals surface area contributed by atoms with E-state index in [9.17, 15) is 0 Å². The number of fused-ring (bicyclic) bond motifs is 1. The maximum atomic E-state index is 4.48. The average molecular weight is 338 g/mol. The van der Waals surface area contributed by atoms with Gasteiger partial charge in [-0.25, -0.2) is 9.97 Å². The summed E-state index contributed by atoms with van der Waals surface area (Å²) in [7, 11) is 4.12. The average Bonchev–Trinajstić information content (AvgIpc) is 2.97. The predicted molar refractivity (Wildman–Crippen MR) is 104 cm³/mol. The van der Waals surface area contributed by atoms with Crippen LogP contribution in [0.25, 0.3) is 10.9 Å². The summed E-state index contributed by atoms with van der Waals surface area (Å²) in [4.78, 5) is 14.4. The zero-order valence-electron chi connectivity index (χ0n) is 15.1. The highest BCUT2D eigenvalue weighted by molar-refractivity contribution is 5.83. The molecule has 0 spiro atoms. The molecule has 0 atom stereocenters. The van der Waals surface area contributed by atoms with Gasteiger partial charge in [-0.05, 0) is 39.1 Å². The molecule has 3 aromatic rings. The summed E-state index contributed by atoms with van der Waals surface area (Å²) >= 11 is 0. The molecule has 0 aliphatic rings. The summed E-state index contributed by atoms with van der Waals surface area (Å²) in [6, 6.07) is 10.4. The molecule has 3 rings (SSSR count). The first-order valence-corrected chi connectivity index (χ1v) is 8.65. The highest BCUT2D eigenvalue weighted by Gasteiger charge is 2.04. The van der Waals surface area contributed by atoms with Crippen molar-refractivity contribution in [3.05, 3.63) is 47.9 Å². The quantitative estimate of drug-likeness (QED) is 0.589. The molecule has 6 heteroatoms. The number of aryl methyl sites for hydroxylation is 1. The fourth-order valence-corrected chi connectivity index (χ4v) is 2.82. The van der Waals surface area contributed by atoms with Crippen LogP contribution in [0.1, 0.15) is 11.4 Å². The lowest BCUT2D eigenvalue weighted by atomic mass is 10.1. The van der Waals surface area contributed by atoms with Gasteiger partial charge in [-0.15, -0.1) is 0 Å². The molecule has 0 fully saturated rings. The Labute approximate surface area is 148 Å². The molecule has 3 N–H and O–H groups in total. The number of nitrogens with one attached hydrogen (secondary N) is 3. The molecule has 0 unspecified atom stereocenters. The zero-order valence-corrected chi connectivity index (χ0v) is 15.1. The van der Waals surface area contributed by atoms with Crippen LogP contribution in [0.2, 0.25) is 0 Å². The molecule has 0 aliphatic heterocycles. The summed E-state index contributed by atoms with van der Waals surface area (Å²) in [5, 5.41) is 8.05. The van der Waals surface area contributed by atoms with Gasteiger partial charge in [0.25, 0.3) is 0 Å². The summed E-state index contributed by atoms with van der Waals surface area (Å²) < 4.78 is 0. The lowest BCUT2D eigenvalue weighted by Crippen LogP contribution is -2.21. The Balaban J connectivity index is 1.58. The Hall–Kier alpha value is -2.60. The minimum Gasteiger partial charge on any atom is -0.370 e. The largest absolute Gasteiger partial charge is 0.370 e. The molecule has 6 nitrogen and oxygen atoms in total. The third kappa shape index (κ3) is 4.70. The number of nitrogens with zero attached hydrogens (tertiary/aromatic N) is 3. The molecule has 0 bridgehead atoms. The van der Waals surface area contributed by atoms with E-state index < -0.39 is 0 Å². The van der Waals surface area contributed by atoms with Gasteiger partial charge in [0.05, 0.1) is 0 Å². The molecule has 1 aromatic carbocycles. The Bertz CT molecular complexity index is 824. The van der Waals surface area contributed by atoms with E-state index in [-0.39, 0.29) is 0 Å². The fraction of sp³-hybridized carbons (Fsp3) is 0.368. The SMILES string of the molecule is Cc1nc(NCCc2c[nH]c3ccccc23)cc(NCCN(C)C)n1. The van der Waals surface area contributed by atoms with Crippen molar-refractivity contribution in [1.82, 2.24) is 19.9 Å². The van der Waals surface area contributed by atoms with Gasteiger partial charge < -0.3 is 20.5 Å². The molecule has 0 radical (unpaired) electrons. The zero-order chi connectivity index (χ0) is 17.6. The third-order valence-electron chi connectivity index (χ3n) is 4.08. The van der Waals surface area contributed by atoms with Gasteiger partial charge in [-0.1, -0.05) is 18.2 Å². The monoisotopic (exact) mass is 338 g/mol. The third-order valence-corrected chi connectivity index (χ3v) is 4.08. The number of aromatic amines is 1. The highest BCUT2D eigenvalue weighted by atomic mass is 15.1. The molecule has 132 valence electrons. The predicted octanol–water partition coefficient (Wildman–Crippen LogP) is 2.89. The number of rotatable bonds is 8. The molecule has 2 heterocycles. The Morgan fingerprint density at radius 3 is 2.52 bits per heavy atom. The van der Waals surface area contributed by atoms with Crippen LogP contribution in [0, 0.1) is 6.92 Å². The first kappa shape index (κ1) is 17.2. The molecule has 0 saturated heterocycles. The van der Waals surface area contributed by atoms with Gasteiger partial charge in [0.1, 0.15) is 17.5 Å². The van der Waals surface area contributed by atoms with E-state index in [1.807, 2.05) is 13.0 Å². The van der Waals surface area contributed by atoms with Crippen LogP contribution in [-0.4, -0.2) is 53.6 Å². The normalized spacial score (nSPS) is 11.2. The van der Waals surface area contributed by atoms with E-state index in [0.29, 0.717) is 0 Å². The number of H-pyrrole nitrogens is 1. The summed E-state index contributed by atoms with van der Waals surface area (Å²) in [6.45, 7) is 4.57. The molecular weight excluding hydrogens is 312 g/mol. The van der Waals surface area contributed by atoms with Crippen LogP contribution in [0.5, 0.6) is 0 Å². The van der Waals surface area contributed by atoms with Crippen molar-refractivity contribution in [2.24, 2.45) is 0 Å². The van der Waals surface area contributed by atoms with E-state index >= 15 is 0 Å². The van der Waals surface area contributed by atoms with Crippen molar-refractivity contribution < 1.29 is 0 Å². The van der Waals surface area contributed by atoms with E-state index in [0.717, 1.165) is 43.5 Å². The minimum atomic E-state index is 0.768. The van der Waals surface area contributed by atoms with Crippen molar-refractivity contribution in [2.45, 2.75) is 13.3 Å². The summed E-state index contributed by atoms with van der Waals surface area (Å²) in [6.07, 6.45) is 3.03. The molecule has 0 saturated carbocycles. The second-order valence-corrected chi connectivity index (χ2v) is 6.45. The van der Waals surface area contributed by atoms with Crippen molar-refractivity contribution >= 4 is 22.5 Å². The van der Waals surface area contributed by atoms with Crippen molar-refractivity contribution in [1.29, 1.82) is 0 Å². The van der Waals surface area contributed by atoms with Crippen LogP contribution in [0.15, 0.2) is 36.5 Å². The Kier molecular flexibility index (Phi) is 5.50. The minimum absolute atomic E-state index is 0.768. The van der Waals surface area contributed by atoms with Crippen LogP contribution in [0.3, 0.4) is 0 Å². The molecule has 0 amide bonds. The lowest BCUT2D eigenvalue weighted by molar-refractivity contribution is 0.425. The van der Waals surface area contributed by atoms with Gasteiger partial charge in [-0.2, -0.15) is 0 Å². The Morgan fingerprint density at radius 1 is 1.04 bits per heavy atom. The van der Waals surface area contributed by atoms with Crippen LogP contribution < -0.4 is 10.6 Å². The standard InChI is InChI=1S/C19H26N6/c1-14-23-18(12-19(24-14)21-10-11-25(2)3)20-9-8-15-13-22-17-7-5-4-6-16(15)17/h4-7,12-13,22H,8-11H2,1-3H3,(H2,20,21,23,24). The molecule has 25 heavy (non-hydrogen) atoms. The second kappa shape index (κ2) is 7.98. The van der Waals surface area contributed by atoms with E-state index in [1.165, 1.54) is 16.5 Å². The number of para-hydroxylation sites is 1. The first-order valence-electron chi connectivity index (χ1n) is 8.65. The van der Waals surface area contributed by atoms with Crippen LogP contribution >= 0.6 is 0 Å². The van der Waals surface area contributed by atoms with Crippen LogP contribution in [0.4, 0.5) is 11.6 Å². The topological polar surface area (TPSA) is 68.9 Å². The number of anilines is 2. The smallest absolute Gasteiger partial charge is 0.131 e. The summed E-state index contributed by atoms with van der Waals surface area (Å²) in [5.41, 5.74) is 2.50. The number of aromatic nitrogens is 3. The van der Waals surface area contributed by atoms with Gasteiger partial charge in [0, 0.05) is 42.8 Å². The van der Waals surface area contributed by atoms with E-state index in [4.69, 9.17) is 0 Å². The van der Waals surface area contributed by atoms with Crippen molar-refractivity contribution in [3.8, 4) is 0 Å². The van der Waals surface area contributed by atoms with Gasteiger partial charge >= 0.3 is 0 Å². The van der Waals surface area contributed by atoms with E-state index in [1.54, 1.807) is 0 Å². The number of hydrogen-bond donors (Lipinski definition) is 3. The van der Waals surface area contributed by atoms with Gasteiger partial charge in [-0.3, -0.25) is 0 Å². The van der Waals surface area contributed by atoms with Gasteiger partial charge in [0.15, 0.2) is 0 Å². The lowest BCUT2D eigenvalue weighted by Gasteiger charge is -2.12. The number of benzene rings is 1. The maximum Gasteiger partial charge on any atom is 0.131 e. The summed E-state index contributed by atoms with van der Waals surface area (Å²) in [5.74, 6) is 2.49. The first-order chi connectivity index (χ1) is 12.1. The van der Waals surface area contributed by atoms with Gasteiger partial charge in [0.2, 0.25) is 0 Å². The fourth-order valence-electron chi connectivity index (χ4n) is 2.82. The highest BCUT2D eigenvalue weighted by Crippen LogP contribution is 2.18. The molecular formula is C19H26N6. The molecule has 2 aromatic heterocycles. The van der Waals surface area contributed by atoms with Crippen LogP contribution in [-0.2, 0) is 6.42 Å². The van der Waals surface area contributed by atoms with Crippen molar-refractivity contribution in [2.75, 3.05) is 44.4 Å². The maximum absolute atomic E-state index is 4.48. The Morgan fingerprint density at radius 2 is 1.76 bits per heavy atom. The second-order valence-electron chi connectivity index (χ2n) is 6.45.